The van der Waals surface area contributed by atoms with Gasteiger partial charge in [-0.3, -0.25) is 14.7 Å². The number of hydrogen-bond acceptors (Lipinski definition) is 4. The van der Waals surface area contributed by atoms with E-state index in [1.54, 1.807) is 20.2 Å². The molecule has 0 atom stereocenters. The maximum absolute atomic E-state index is 13.5. The molecule has 0 spiro atoms. The van der Waals surface area contributed by atoms with E-state index in [0.29, 0.717) is 18.1 Å². The van der Waals surface area contributed by atoms with Gasteiger partial charge in [0.1, 0.15) is 5.82 Å². The SMILES string of the molecule is CN=C(NCCS(=O)(=O)Nc1ccc(C)c(F)c1)NCc1ccccn1. The molecular weight excluding hydrogens is 357 g/mol. The van der Waals surface area contributed by atoms with Gasteiger partial charge in [0.05, 0.1) is 23.7 Å². The second-order valence-corrected chi connectivity index (χ2v) is 7.40. The fourth-order valence-corrected chi connectivity index (χ4v) is 3.05. The van der Waals surface area contributed by atoms with Gasteiger partial charge in [-0.25, -0.2) is 12.8 Å². The van der Waals surface area contributed by atoms with E-state index in [0.717, 1.165) is 11.8 Å². The number of nitrogens with one attached hydrogen (secondary N) is 3. The monoisotopic (exact) mass is 379 g/mol. The minimum atomic E-state index is -3.61. The van der Waals surface area contributed by atoms with E-state index in [2.05, 4.69) is 25.3 Å². The molecular formula is C17H22FN5O2S. The zero-order valence-electron chi connectivity index (χ0n) is 14.7. The Hall–Kier alpha value is -2.68. The first-order chi connectivity index (χ1) is 12.4. The Labute approximate surface area is 152 Å². The second-order valence-electron chi connectivity index (χ2n) is 5.56. The number of halogens is 1. The molecule has 0 saturated carbocycles. The molecule has 7 nitrogen and oxygen atoms in total. The van der Waals surface area contributed by atoms with E-state index < -0.39 is 15.8 Å². The number of benzene rings is 1. The summed E-state index contributed by atoms with van der Waals surface area (Å²) in [6, 6.07) is 9.79. The molecule has 9 heteroatoms. The molecule has 0 aliphatic heterocycles. The molecule has 1 aromatic carbocycles. The van der Waals surface area contributed by atoms with E-state index in [-0.39, 0.29) is 18.0 Å². The summed E-state index contributed by atoms with van der Waals surface area (Å²) in [5.41, 5.74) is 1.49. The summed E-state index contributed by atoms with van der Waals surface area (Å²) in [5.74, 6) is -0.179. The predicted octanol–water partition coefficient (Wildman–Crippen LogP) is 1.64. The molecule has 3 N–H and O–H groups in total. The van der Waals surface area contributed by atoms with Crippen molar-refractivity contribution in [2.45, 2.75) is 13.5 Å². The van der Waals surface area contributed by atoms with Crippen LogP contribution in [0.2, 0.25) is 0 Å². The van der Waals surface area contributed by atoms with Crippen LogP contribution in [-0.4, -0.2) is 38.7 Å². The maximum atomic E-state index is 13.5. The van der Waals surface area contributed by atoms with E-state index in [1.165, 1.54) is 12.1 Å². The van der Waals surface area contributed by atoms with Crippen LogP contribution in [0.4, 0.5) is 10.1 Å². The molecule has 26 heavy (non-hydrogen) atoms. The lowest BCUT2D eigenvalue weighted by Crippen LogP contribution is -2.39. The Morgan fingerprint density at radius 3 is 2.69 bits per heavy atom. The normalized spacial score (nSPS) is 11.9. The van der Waals surface area contributed by atoms with Gasteiger partial charge in [-0.05, 0) is 36.8 Å². The Morgan fingerprint density at radius 2 is 2.04 bits per heavy atom. The third kappa shape index (κ3) is 6.32. The number of pyridine rings is 1. The number of aromatic nitrogens is 1. The smallest absolute Gasteiger partial charge is 0.234 e. The highest BCUT2D eigenvalue weighted by molar-refractivity contribution is 7.92. The highest BCUT2D eigenvalue weighted by Crippen LogP contribution is 2.14. The first kappa shape index (κ1) is 19.6. The average Bonchev–Trinajstić information content (AvgIpc) is 2.61. The van der Waals surface area contributed by atoms with Crippen molar-refractivity contribution in [1.29, 1.82) is 0 Å². The highest BCUT2D eigenvalue weighted by atomic mass is 32.2. The van der Waals surface area contributed by atoms with Crippen LogP contribution in [-0.2, 0) is 16.6 Å². The molecule has 2 aromatic rings. The molecule has 0 aliphatic rings. The number of anilines is 1. The van der Waals surface area contributed by atoms with Crippen LogP contribution in [0.25, 0.3) is 0 Å². The van der Waals surface area contributed by atoms with Gasteiger partial charge in [-0.2, -0.15) is 0 Å². The fourth-order valence-electron chi connectivity index (χ4n) is 2.09. The van der Waals surface area contributed by atoms with Crippen LogP contribution in [0.1, 0.15) is 11.3 Å². The van der Waals surface area contributed by atoms with Crippen LogP contribution in [0, 0.1) is 12.7 Å². The molecule has 0 unspecified atom stereocenters. The number of aryl methyl sites for hydroxylation is 1. The summed E-state index contributed by atoms with van der Waals surface area (Å²) >= 11 is 0. The van der Waals surface area contributed by atoms with Crippen molar-refractivity contribution in [3.8, 4) is 0 Å². The van der Waals surface area contributed by atoms with Crippen LogP contribution in [0.5, 0.6) is 0 Å². The standard InChI is InChI=1S/C17H22FN5O2S/c1-13-6-7-14(11-16(13)18)23-26(24,25)10-9-21-17(19-2)22-12-15-5-3-4-8-20-15/h3-8,11,23H,9-10,12H2,1-2H3,(H2,19,21,22). The van der Waals surface area contributed by atoms with Crippen LogP contribution in [0.3, 0.4) is 0 Å². The van der Waals surface area contributed by atoms with E-state index in [1.807, 2.05) is 18.2 Å². The molecule has 0 aliphatic carbocycles. The molecule has 0 radical (unpaired) electrons. The molecule has 0 bridgehead atoms. The van der Waals surface area contributed by atoms with Gasteiger partial charge in [-0.15, -0.1) is 0 Å². The zero-order valence-corrected chi connectivity index (χ0v) is 15.5. The van der Waals surface area contributed by atoms with Crippen molar-refractivity contribution >= 4 is 21.7 Å². The Kier molecular flexibility index (Phi) is 6.90. The average molecular weight is 379 g/mol. The summed E-state index contributed by atoms with van der Waals surface area (Å²) in [4.78, 5) is 8.21. The lowest BCUT2D eigenvalue weighted by Gasteiger charge is -2.13. The molecule has 0 saturated heterocycles. The summed E-state index contributed by atoms with van der Waals surface area (Å²) < 4.78 is 40.1. The fraction of sp³-hybridized carbons (Fsp3) is 0.294. The van der Waals surface area contributed by atoms with Gasteiger partial charge in [0, 0.05) is 19.8 Å². The van der Waals surface area contributed by atoms with E-state index >= 15 is 0 Å². The topological polar surface area (TPSA) is 95.5 Å². The second kappa shape index (κ2) is 9.14. The van der Waals surface area contributed by atoms with Crippen molar-refractivity contribution < 1.29 is 12.8 Å². The van der Waals surface area contributed by atoms with E-state index in [4.69, 9.17) is 0 Å². The van der Waals surface area contributed by atoms with Crippen molar-refractivity contribution in [3.63, 3.8) is 0 Å². The minimum Gasteiger partial charge on any atom is -0.355 e. The maximum Gasteiger partial charge on any atom is 0.234 e. The lowest BCUT2D eigenvalue weighted by molar-refractivity contribution is 0.599. The van der Waals surface area contributed by atoms with Gasteiger partial charge in [-0.1, -0.05) is 12.1 Å². The molecule has 140 valence electrons. The largest absolute Gasteiger partial charge is 0.355 e. The Bertz CT molecular complexity index is 857. The zero-order chi connectivity index (χ0) is 19.0. The molecule has 2 rings (SSSR count). The van der Waals surface area contributed by atoms with Gasteiger partial charge >= 0.3 is 0 Å². The van der Waals surface area contributed by atoms with E-state index in [9.17, 15) is 12.8 Å². The molecule has 0 amide bonds. The number of nitrogens with zero attached hydrogens (tertiary/aromatic N) is 2. The lowest BCUT2D eigenvalue weighted by atomic mass is 10.2. The van der Waals surface area contributed by atoms with Crippen LogP contribution < -0.4 is 15.4 Å². The van der Waals surface area contributed by atoms with Crippen LogP contribution >= 0.6 is 0 Å². The van der Waals surface area contributed by atoms with Crippen molar-refractivity contribution in [3.05, 3.63) is 59.7 Å². The summed E-state index contributed by atoms with van der Waals surface area (Å²) in [7, 11) is -2.02. The number of guanidine groups is 1. The predicted molar refractivity (Wildman–Crippen MR) is 101 cm³/mol. The van der Waals surface area contributed by atoms with Crippen LogP contribution in [0.15, 0.2) is 47.6 Å². The summed E-state index contributed by atoms with van der Waals surface area (Å²) in [6.07, 6.45) is 1.69. The van der Waals surface area contributed by atoms with Gasteiger partial charge < -0.3 is 10.6 Å². The van der Waals surface area contributed by atoms with Gasteiger partial charge in [0.15, 0.2) is 5.96 Å². The minimum absolute atomic E-state index is 0.144. The molecule has 0 fully saturated rings. The first-order valence-corrected chi connectivity index (χ1v) is 9.66. The summed E-state index contributed by atoms with van der Waals surface area (Å²) in [5, 5.41) is 5.97. The number of rotatable bonds is 7. The molecule has 1 heterocycles. The quantitative estimate of drug-likeness (QED) is 0.502. The van der Waals surface area contributed by atoms with Crippen molar-refractivity contribution in [2.75, 3.05) is 24.1 Å². The van der Waals surface area contributed by atoms with Crippen molar-refractivity contribution in [1.82, 2.24) is 15.6 Å². The van der Waals surface area contributed by atoms with Crippen molar-refractivity contribution in [2.24, 2.45) is 4.99 Å². The Balaban J connectivity index is 1.81. The Morgan fingerprint density at radius 1 is 1.23 bits per heavy atom. The number of aliphatic imine (C=N–C) groups is 1. The highest BCUT2D eigenvalue weighted by Gasteiger charge is 2.12. The first-order valence-electron chi connectivity index (χ1n) is 8.01. The number of hydrogen-bond donors (Lipinski definition) is 3. The third-order valence-electron chi connectivity index (χ3n) is 3.50. The number of sulfonamides is 1. The summed E-state index contributed by atoms with van der Waals surface area (Å²) in [6.45, 7) is 2.22. The van der Waals surface area contributed by atoms with Gasteiger partial charge in [0.2, 0.25) is 10.0 Å². The molecule has 1 aromatic heterocycles. The van der Waals surface area contributed by atoms with Gasteiger partial charge in [0.25, 0.3) is 0 Å². The third-order valence-corrected chi connectivity index (χ3v) is 4.78.